The molecule has 0 saturated carbocycles. The van der Waals surface area contributed by atoms with E-state index in [0.29, 0.717) is 0 Å². The van der Waals surface area contributed by atoms with E-state index in [1.54, 1.807) is 0 Å². The minimum Gasteiger partial charge on any atom is -0.478 e. The summed E-state index contributed by atoms with van der Waals surface area (Å²) < 4.78 is 19.2. The number of nitrogens with zero attached hydrogens (tertiary/aromatic N) is 1. The predicted octanol–water partition coefficient (Wildman–Crippen LogP) is 0.539. The number of amides is 2. The van der Waals surface area contributed by atoms with Gasteiger partial charge in [-0.3, -0.25) is 15.0 Å². The fraction of sp³-hybridized carbons (Fsp3) is 0.200. The normalized spacial score (nSPS) is 17.2. The maximum atomic E-state index is 13.9. The highest BCUT2D eigenvalue weighted by Gasteiger charge is 2.39. The molecule has 1 fully saturated rings. The van der Waals surface area contributed by atoms with Crippen LogP contribution in [0.5, 0.6) is 0 Å². The molecule has 10 nitrogen and oxygen atoms in total. The summed E-state index contributed by atoms with van der Waals surface area (Å²) in [6.07, 6.45) is -3.45. The number of carboxylic acids is 1. The van der Waals surface area contributed by atoms with E-state index in [1.165, 1.54) is 41.3 Å². The molecule has 0 radical (unpaired) electrons. The van der Waals surface area contributed by atoms with E-state index < -0.39 is 41.6 Å². The van der Waals surface area contributed by atoms with Gasteiger partial charge in [0.15, 0.2) is 12.2 Å². The SMILES string of the molecule is N=C(N)c1ccc(NC(=O)C(O)C2OCCN(c3cccc(C(=O)O)c3)C2=O)cc1F. The number of nitrogens with one attached hydrogen (secondary N) is 2. The molecule has 1 aliphatic heterocycles. The van der Waals surface area contributed by atoms with Crippen LogP contribution in [-0.2, 0) is 14.3 Å². The second-order valence-electron chi connectivity index (χ2n) is 6.68. The summed E-state index contributed by atoms with van der Waals surface area (Å²) in [6, 6.07) is 9.07. The molecule has 11 heteroatoms. The lowest BCUT2D eigenvalue weighted by atomic mass is 10.1. The van der Waals surface area contributed by atoms with Crippen LogP contribution in [0, 0.1) is 11.2 Å². The number of ether oxygens (including phenoxy) is 1. The summed E-state index contributed by atoms with van der Waals surface area (Å²) in [6.45, 7) is 0.102. The van der Waals surface area contributed by atoms with Crippen molar-refractivity contribution < 1.29 is 33.7 Å². The molecule has 2 unspecified atom stereocenters. The van der Waals surface area contributed by atoms with Crippen molar-refractivity contribution in [2.24, 2.45) is 5.73 Å². The molecular formula is C20H19FN4O6. The lowest BCUT2D eigenvalue weighted by molar-refractivity contribution is -0.150. The van der Waals surface area contributed by atoms with Crippen molar-refractivity contribution >= 4 is 35.0 Å². The van der Waals surface area contributed by atoms with E-state index in [9.17, 15) is 23.9 Å². The van der Waals surface area contributed by atoms with E-state index in [4.69, 9.17) is 21.0 Å². The number of carboxylic acid groups (broad SMARTS) is 1. The zero-order chi connectivity index (χ0) is 22.7. The van der Waals surface area contributed by atoms with Crippen molar-refractivity contribution in [3.8, 4) is 0 Å². The van der Waals surface area contributed by atoms with Crippen molar-refractivity contribution in [1.29, 1.82) is 5.41 Å². The Morgan fingerprint density at radius 1 is 1.29 bits per heavy atom. The monoisotopic (exact) mass is 430 g/mol. The number of hydrogen-bond acceptors (Lipinski definition) is 6. The first-order valence-corrected chi connectivity index (χ1v) is 9.08. The minimum atomic E-state index is -1.91. The van der Waals surface area contributed by atoms with Crippen LogP contribution in [0.1, 0.15) is 15.9 Å². The second kappa shape index (κ2) is 8.90. The molecule has 31 heavy (non-hydrogen) atoms. The molecule has 3 rings (SSSR count). The van der Waals surface area contributed by atoms with Crippen LogP contribution in [-0.4, -0.2) is 59.2 Å². The first-order valence-electron chi connectivity index (χ1n) is 9.08. The number of carbonyl (C=O) groups is 3. The van der Waals surface area contributed by atoms with E-state index in [-0.39, 0.29) is 35.7 Å². The molecule has 162 valence electrons. The van der Waals surface area contributed by atoms with Gasteiger partial charge in [-0.1, -0.05) is 6.07 Å². The summed E-state index contributed by atoms with van der Waals surface area (Å²) in [4.78, 5) is 37.6. The number of aliphatic hydroxyl groups excluding tert-OH is 1. The average Bonchev–Trinajstić information content (AvgIpc) is 2.73. The summed E-state index contributed by atoms with van der Waals surface area (Å²) in [5, 5.41) is 29.0. The van der Waals surface area contributed by atoms with E-state index in [2.05, 4.69) is 5.32 Å². The van der Waals surface area contributed by atoms with Crippen LogP contribution in [0.3, 0.4) is 0 Å². The number of aromatic carboxylic acids is 1. The Hall–Kier alpha value is -3.83. The number of benzene rings is 2. The Kier molecular flexibility index (Phi) is 6.28. The molecule has 1 heterocycles. The molecule has 0 aromatic heterocycles. The van der Waals surface area contributed by atoms with E-state index in [1.807, 2.05) is 0 Å². The van der Waals surface area contributed by atoms with Crippen LogP contribution in [0.25, 0.3) is 0 Å². The Bertz CT molecular complexity index is 1060. The average molecular weight is 430 g/mol. The number of nitrogen functional groups attached to an aromatic ring is 1. The summed E-state index contributed by atoms with van der Waals surface area (Å²) in [5.74, 6) is -4.22. The maximum Gasteiger partial charge on any atom is 0.335 e. The van der Waals surface area contributed by atoms with Crippen LogP contribution >= 0.6 is 0 Å². The topological polar surface area (TPSA) is 166 Å². The fourth-order valence-electron chi connectivity index (χ4n) is 3.06. The van der Waals surface area contributed by atoms with Crippen molar-refractivity contribution in [2.75, 3.05) is 23.4 Å². The third-order valence-corrected chi connectivity index (χ3v) is 4.61. The Labute approximate surface area is 175 Å². The molecule has 0 aliphatic carbocycles. The number of rotatable bonds is 6. The number of anilines is 2. The Morgan fingerprint density at radius 2 is 2.03 bits per heavy atom. The highest BCUT2D eigenvalue weighted by atomic mass is 19.1. The number of aliphatic hydroxyl groups is 1. The van der Waals surface area contributed by atoms with Gasteiger partial charge in [0.05, 0.1) is 17.7 Å². The van der Waals surface area contributed by atoms with Crippen molar-refractivity contribution in [1.82, 2.24) is 0 Å². The second-order valence-corrected chi connectivity index (χ2v) is 6.68. The molecule has 0 bridgehead atoms. The summed E-state index contributed by atoms with van der Waals surface area (Å²) in [7, 11) is 0. The van der Waals surface area contributed by atoms with Crippen LogP contribution in [0.15, 0.2) is 42.5 Å². The van der Waals surface area contributed by atoms with Gasteiger partial charge in [0.25, 0.3) is 11.8 Å². The van der Waals surface area contributed by atoms with Crippen molar-refractivity contribution in [2.45, 2.75) is 12.2 Å². The van der Waals surface area contributed by atoms with Crippen LogP contribution in [0.4, 0.5) is 15.8 Å². The Balaban J connectivity index is 1.74. The van der Waals surface area contributed by atoms with Gasteiger partial charge in [-0.15, -0.1) is 0 Å². The van der Waals surface area contributed by atoms with Crippen LogP contribution in [0.2, 0.25) is 0 Å². The first-order chi connectivity index (χ1) is 14.7. The Morgan fingerprint density at radius 3 is 2.68 bits per heavy atom. The van der Waals surface area contributed by atoms with Gasteiger partial charge in [-0.05, 0) is 36.4 Å². The smallest absolute Gasteiger partial charge is 0.335 e. The zero-order valence-electron chi connectivity index (χ0n) is 16.0. The van der Waals surface area contributed by atoms with Gasteiger partial charge in [0.2, 0.25) is 0 Å². The zero-order valence-corrected chi connectivity index (χ0v) is 16.0. The molecule has 2 atom stereocenters. The van der Waals surface area contributed by atoms with Gasteiger partial charge in [0, 0.05) is 17.9 Å². The molecule has 1 saturated heterocycles. The number of nitrogens with two attached hydrogens (primary N) is 1. The summed E-state index contributed by atoms with van der Waals surface area (Å²) >= 11 is 0. The van der Waals surface area contributed by atoms with Gasteiger partial charge in [0.1, 0.15) is 11.7 Å². The molecule has 1 aliphatic rings. The molecule has 6 N–H and O–H groups in total. The number of carbonyl (C=O) groups excluding carboxylic acids is 2. The number of amidine groups is 1. The number of halogens is 1. The van der Waals surface area contributed by atoms with Crippen molar-refractivity contribution in [3.05, 3.63) is 59.4 Å². The molecular weight excluding hydrogens is 411 g/mol. The molecule has 0 spiro atoms. The predicted molar refractivity (Wildman–Crippen MR) is 108 cm³/mol. The van der Waals surface area contributed by atoms with Gasteiger partial charge in [-0.2, -0.15) is 0 Å². The van der Waals surface area contributed by atoms with Crippen molar-refractivity contribution in [3.63, 3.8) is 0 Å². The molecule has 2 amide bonds. The first kappa shape index (κ1) is 21.9. The van der Waals surface area contributed by atoms with E-state index >= 15 is 0 Å². The molecule has 2 aromatic carbocycles. The fourth-order valence-corrected chi connectivity index (χ4v) is 3.06. The molecule has 2 aromatic rings. The lowest BCUT2D eigenvalue weighted by Gasteiger charge is -2.34. The van der Waals surface area contributed by atoms with Gasteiger partial charge < -0.3 is 30.9 Å². The largest absolute Gasteiger partial charge is 0.478 e. The highest BCUT2D eigenvalue weighted by molar-refractivity contribution is 6.04. The lowest BCUT2D eigenvalue weighted by Crippen LogP contribution is -2.55. The standard InChI is InChI=1S/C20H19FN4O6/c21-14-9-11(4-5-13(14)17(22)23)24-18(27)15(26)16-19(28)25(6-7-31-16)12-3-1-2-10(8-12)20(29)30/h1-5,8-9,15-16,26H,6-7H2,(H3,22,23)(H,24,27)(H,29,30). The third-order valence-electron chi connectivity index (χ3n) is 4.61. The minimum absolute atomic E-state index is 0.0000174. The van der Waals surface area contributed by atoms with Gasteiger partial charge in [-0.25, -0.2) is 9.18 Å². The number of morpholine rings is 1. The summed E-state index contributed by atoms with van der Waals surface area (Å²) in [5.41, 5.74) is 5.34. The number of hydrogen-bond donors (Lipinski definition) is 5. The van der Waals surface area contributed by atoms with Crippen LogP contribution < -0.4 is 16.0 Å². The third kappa shape index (κ3) is 4.68. The maximum absolute atomic E-state index is 13.9. The van der Waals surface area contributed by atoms with E-state index in [0.717, 1.165) is 6.07 Å². The highest BCUT2D eigenvalue weighted by Crippen LogP contribution is 2.22. The van der Waals surface area contributed by atoms with Gasteiger partial charge >= 0.3 is 5.97 Å². The quantitative estimate of drug-likeness (QED) is 0.329.